The molecule has 1 heterocycles. The molecule has 1 aliphatic rings. The second-order valence-electron chi connectivity index (χ2n) is 6.34. The molecule has 0 spiro atoms. The second-order valence-corrected chi connectivity index (χ2v) is 6.34. The molecule has 0 aromatic heterocycles. The molecule has 4 nitrogen and oxygen atoms in total. The van der Waals surface area contributed by atoms with Gasteiger partial charge in [0.1, 0.15) is 0 Å². The van der Waals surface area contributed by atoms with E-state index in [1.165, 1.54) is 0 Å². The Hall–Kier alpha value is -1.06. The van der Waals surface area contributed by atoms with Crippen molar-refractivity contribution in [3.8, 4) is 0 Å². The zero-order valence-corrected chi connectivity index (χ0v) is 14.2. The zero-order valence-electron chi connectivity index (χ0n) is 14.2. The lowest BCUT2D eigenvalue weighted by Gasteiger charge is -2.39. The summed E-state index contributed by atoms with van der Waals surface area (Å²) in [5, 5.41) is 0. The smallest absolute Gasteiger partial charge is 0.312 e. The third-order valence-corrected chi connectivity index (χ3v) is 4.46. The number of hydrogen-bond acceptors (Lipinski definition) is 2. The van der Waals surface area contributed by atoms with Gasteiger partial charge in [0.05, 0.1) is 0 Å². The van der Waals surface area contributed by atoms with Crippen LogP contribution in [0.15, 0.2) is 0 Å². The molecular formula is C17H32N2O2. The lowest BCUT2D eigenvalue weighted by molar-refractivity contribution is -0.155. The molecular weight excluding hydrogens is 264 g/mol. The maximum Gasteiger partial charge on any atom is 0.312 e. The van der Waals surface area contributed by atoms with Crippen LogP contribution in [0.2, 0.25) is 0 Å². The van der Waals surface area contributed by atoms with Crippen LogP contribution in [0.5, 0.6) is 0 Å². The van der Waals surface area contributed by atoms with E-state index in [0.717, 1.165) is 44.9 Å². The molecule has 0 aromatic carbocycles. The van der Waals surface area contributed by atoms with E-state index in [9.17, 15) is 9.59 Å². The fourth-order valence-corrected chi connectivity index (χ4v) is 3.08. The highest BCUT2D eigenvalue weighted by molar-refractivity contribution is 6.35. The Morgan fingerprint density at radius 1 is 1.00 bits per heavy atom. The van der Waals surface area contributed by atoms with Gasteiger partial charge in [0, 0.05) is 25.2 Å². The first-order chi connectivity index (χ1) is 10.0. The van der Waals surface area contributed by atoms with E-state index in [1.54, 1.807) is 4.90 Å². The molecule has 0 saturated carbocycles. The van der Waals surface area contributed by atoms with E-state index >= 15 is 0 Å². The predicted octanol–water partition coefficient (Wildman–Crippen LogP) is 3.20. The molecule has 1 rings (SSSR count). The van der Waals surface area contributed by atoms with Crippen LogP contribution in [-0.4, -0.2) is 46.8 Å². The normalized spacial score (nSPS) is 22.2. The summed E-state index contributed by atoms with van der Waals surface area (Å²) >= 11 is 0. The summed E-state index contributed by atoms with van der Waals surface area (Å²) in [5.41, 5.74) is 0. The van der Waals surface area contributed by atoms with Gasteiger partial charge in [-0.1, -0.05) is 26.7 Å². The molecule has 0 aromatic rings. The highest BCUT2D eigenvalue weighted by atomic mass is 16.2. The van der Waals surface area contributed by atoms with Gasteiger partial charge in [-0.3, -0.25) is 9.59 Å². The molecule has 4 heteroatoms. The van der Waals surface area contributed by atoms with Gasteiger partial charge in [0.2, 0.25) is 0 Å². The van der Waals surface area contributed by atoms with Crippen LogP contribution >= 0.6 is 0 Å². The van der Waals surface area contributed by atoms with E-state index in [0.29, 0.717) is 13.1 Å². The number of hydrogen-bond donors (Lipinski definition) is 0. The standard InChI is InChI=1S/C17H32N2O2/c1-5-7-12-18(13-8-6-2)16(20)17(21)19-14(3)10-9-11-15(19)4/h14-15H,5-13H2,1-4H3. The Labute approximate surface area is 129 Å². The third kappa shape index (κ3) is 5.01. The van der Waals surface area contributed by atoms with Crippen molar-refractivity contribution in [2.75, 3.05) is 13.1 Å². The average Bonchev–Trinajstić information content (AvgIpc) is 2.46. The van der Waals surface area contributed by atoms with Gasteiger partial charge in [-0.05, 0) is 46.0 Å². The maximum atomic E-state index is 12.6. The Balaban J connectivity index is 2.73. The van der Waals surface area contributed by atoms with Crippen molar-refractivity contribution in [1.29, 1.82) is 0 Å². The molecule has 21 heavy (non-hydrogen) atoms. The van der Waals surface area contributed by atoms with E-state index in [4.69, 9.17) is 0 Å². The SMILES string of the molecule is CCCCN(CCCC)C(=O)C(=O)N1C(C)CCCC1C. The largest absolute Gasteiger partial charge is 0.334 e. The van der Waals surface area contributed by atoms with Crippen molar-refractivity contribution < 1.29 is 9.59 Å². The van der Waals surface area contributed by atoms with Gasteiger partial charge in [0.25, 0.3) is 0 Å². The Kier molecular flexibility index (Phi) is 7.76. The van der Waals surface area contributed by atoms with Gasteiger partial charge in [-0.2, -0.15) is 0 Å². The number of carbonyl (C=O) groups is 2. The van der Waals surface area contributed by atoms with Crippen LogP contribution in [0, 0.1) is 0 Å². The summed E-state index contributed by atoms with van der Waals surface area (Å²) in [7, 11) is 0. The topological polar surface area (TPSA) is 40.6 Å². The van der Waals surface area contributed by atoms with Crippen LogP contribution in [0.25, 0.3) is 0 Å². The van der Waals surface area contributed by atoms with Gasteiger partial charge in [0.15, 0.2) is 0 Å². The van der Waals surface area contributed by atoms with E-state index < -0.39 is 0 Å². The van der Waals surface area contributed by atoms with E-state index in [-0.39, 0.29) is 23.9 Å². The summed E-state index contributed by atoms with van der Waals surface area (Å²) < 4.78 is 0. The molecule has 2 atom stereocenters. The first kappa shape index (κ1) is 18.0. The number of nitrogens with zero attached hydrogens (tertiary/aromatic N) is 2. The zero-order chi connectivity index (χ0) is 15.8. The molecule has 2 amide bonds. The lowest BCUT2D eigenvalue weighted by Crippen LogP contribution is -2.54. The highest BCUT2D eigenvalue weighted by Gasteiger charge is 2.34. The van der Waals surface area contributed by atoms with Crippen molar-refractivity contribution in [2.24, 2.45) is 0 Å². The lowest BCUT2D eigenvalue weighted by atomic mass is 9.97. The van der Waals surface area contributed by atoms with Crippen LogP contribution in [0.4, 0.5) is 0 Å². The van der Waals surface area contributed by atoms with Gasteiger partial charge >= 0.3 is 11.8 Å². The quantitative estimate of drug-likeness (QED) is 0.706. The molecule has 1 aliphatic heterocycles. The molecule has 1 fully saturated rings. The molecule has 2 unspecified atom stereocenters. The molecule has 0 N–H and O–H groups in total. The van der Waals surface area contributed by atoms with Crippen LogP contribution in [0.3, 0.4) is 0 Å². The van der Waals surface area contributed by atoms with Gasteiger partial charge in [-0.15, -0.1) is 0 Å². The van der Waals surface area contributed by atoms with Crippen molar-refractivity contribution in [2.45, 2.75) is 84.7 Å². The molecule has 122 valence electrons. The average molecular weight is 296 g/mol. The molecule has 0 aliphatic carbocycles. The maximum absolute atomic E-state index is 12.6. The van der Waals surface area contributed by atoms with Gasteiger partial charge < -0.3 is 9.80 Å². The van der Waals surface area contributed by atoms with Crippen LogP contribution in [-0.2, 0) is 9.59 Å². The van der Waals surface area contributed by atoms with E-state index in [2.05, 4.69) is 27.7 Å². The minimum atomic E-state index is -0.294. The summed E-state index contributed by atoms with van der Waals surface area (Å²) in [6.45, 7) is 9.75. The highest BCUT2D eigenvalue weighted by Crippen LogP contribution is 2.23. The number of rotatable bonds is 6. The first-order valence-corrected chi connectivity index (χ1v) is 8.64. The Bertz CT molecular complexity index is 326. The van der Waals surface area contributed by atoms with Crippen molar-refractivity contribution in [1.82, 2.24) is 9.80 Å². The third-order valence-electron chi connectivity index (χ3n) is 4.46. The Morgan fingerprint density at radius 2 is 1.48 bits per heavy atom. The minimum Gasteiger partial charge on any atom is -0.334 e. The molecule has 0 bridgehead atoms. The van der Waals surface area contributed by atoms with Crippen molar-refractivity contribution >= 4 is 11.8 Å². The minimum absolute atomic E-state index is 0.185. The molecule has 1 saturated heterocycles. The van der Waals surface area contributed by atoms with Crippen molar-refractivity contribution in [3.63, 3.8) is 0 Å². The number of unbranched alkanes of at least 4 members (excludes halogenated alkanes) is 2. The molecule has 0 radical (unpaired) electrons. The second kappa shape index (κ2) is 9.06. The number of piperidine rings is 1. The first-order valence-electron chi connectivity index (χ1n) is 8.64. The number of carbonyl (C=O) groups excluding carboxylic acids is 2. The van der Waals surface area contributed by atoms with Crippen LogP contribution < -0.4 is 0 Å². The number of amides is 2. The summed E-state index contributed by atoms with van der Waals surface area (Å²) in [4.78, 5) is 28.8. The van der Waals surface area contributed by atoms with E-state index in [1.807, 2.05) is 4.90 Å². The van der Waals surface area contributed by atoms with Gasteiger partial charge in [-0.25, -0.2) is 0 Å². The summed E-state index contributed by atoms with van der Waals surface area (Å²) in [6.07, 6.45) is 7.18. The summed E-state index contributed by atoms with van der Waals surface area (Å²) in [6, 6.07) is 0.369. The summed E-state index contributed by atoms with van der Waals surface area (Å²) in [5.74, 6) is -0.584. The number of likely N-dealkylation sites (tertiary alicyclic amines) is 1. The fraction of sp³-hybridized carbons (Fsp3) is 0.882. The van der Waals surface area contributed by atoms with Crippen molar-refractivity contribution in [3.05, 3.63) is 0 Å². The van der Waals surface area contributed by atoms with Crippen LogP contribution in [0.1, 0.15) is 72.6 Å². The Morgan fingerprint density at radius 3 is 1.90 bits per heavy atom. The fourth-order valence-electron chi connectivity index (χ4n) is 3.08. The predicted molar refractivity (Wildman–Crippen MR) is 86.0 cm³/mol. The monoisotopic (exact) mass is 296 g/mol.